The van der Waals surface area contributed by atoms with Gasteiger partial charge in [-0.1, -0.05) is 6.92 Å². The van der Waals surface area contributed by atoms with Crippen molar-refractivity contribution in [1.82, 2.24) is 14.9 Å². The van der Waals surface area contributed by atoms with Gasteiger partial charge in [0, 0.05) is 31.4 Å². The minimum atomic E-state index is 0.666. The minimum absolute atomic E-state index is 0.666. The van der Waals surface area contributed by atoms with Crippen LogP contribution in [-0.2, 0) is 13.0 Å². The van der Waals surface area contributed by atoms with Crippen molar-refractivity contribution in [3.63, 3.8) is 0 Å². The van der Waals surface area contributed by atoms with Crippen molar-refractivity contribution in [3.8, 4) is 0 Å². The molecule has 0 amide bonds. The third-order valence-corrected chi connectivity index (χ3v) is 2.70. The van der Waals surface area contributed by atoms with Gasteiger partial charge in [0.1, 0.15) is 5.82 Å². The van der Waals surface area contributed by atoms with Crippen molar-refractivity contribution >= 4 is 0 Å². The lowest BCUT2D eigenvalue weighted by molar-refractivity contribution is 0.497. The molecule has 0 aliphatic carbocycles. The molecule has 1 aromatic heterocycles. The van der Waals surface area contributed by atoms with Crippen molar-refractivity contribution in [2.45, 2.75) is 38.8 Å². The Kier molecular flexibility index (Phi) is 2.64. The Balaban J connectivity index is 1.99. The average molecular weight is 179 g/mol. The van der Waals surface area contributed by atoms with E-state index in [9.17, 15) is 0 Å². The highest BCUT2D eigenvalue weighted by molar-refractivity contribution is 4.93. The molecule has 0 aromatic carbocycles. The standard InChI is InChI=1S/C10H17N3/c1-2-10-12-6-7-13(10)8-9-4-3-5-11-9/h6-7,9,11H,2-5,8H2,1H3. The Labute approximate surface area is 79.2 Å². The first-order chi connectivity index (χ1) is 6.40. The van der Waals surface area contributed by atoms with Crippen molar-refractivity contribution in [3.05, 3.63) is 18.2 Å². The van der Waals surface area contributed by atoms with Crippen LogP contribution in [0.2, 0.25) is 0 Å². The molecule has 1 aromatic rings. The molecule has 3 heteroatoms. The number of nitrogens with one attached hydrogen (secondary N) is 1. The molecule has 13 heavy (non-hydrogen) atoms. The summed E-state index contributed by atoms with van der Waals surface area (Å²) in [5.41, 5.74) is 0. The fourth-order valence-corrected chi connectivity index (χ4v) is 1.97. The zero-order valence-electron chi connectivity index (χ0n) is 8.16. The maximum atomic E-state index is 4.31. The highest BCUT2D eigenvalue weighted by Gasteiger charge is 2.14. The Morgan fingerprint density at radius 2 is 2.62 bits per heavy atom. The van der Waals surface area contributed by atoms with Crippen LogP contribution in [0.5, 0.6) is 0 Å². The minimum Gasteiger partial charge on any atom is -0.333 e. The second-order valence-corrected chi connectivity index (χ2v) is 3.64. The Bertz CT molecular complexity index is 261. The normalized spacial score (nSPS) is 22.4. The Morgan fingerprint density at radius 3 is 3.31 bits per heavy atom. The summed E-state index contributed by atoms with van der Waals surface area (Å²) in [4.78, 5) is 4.31. The smallest absolute Gasteiger partial charge is 0.108 e. The van der Waals surface area contributed by atoms with Crippen LogP contribution in [-0.4, -0.2) is 22.1 Å². The molecule has 1 fully saturated rings. The van der Waals surface area contributed by atoms with Gasteiger partial charge in [0.25, 0.3) is 0 Å². The average Bonchev–Trinajstić information content (AvgIpc) is 2.76. The molecule has 0 spiro atoms. The van der Waals surface area contributed by atoms with E-state index in [4.69, 9.17) is 0 Å². The van der Waals surface area contributed by atoms with Gasteiger partial charge in [0.2, 0.25) is 0 Å². The summed E-state index contributed by atoms with van der Waals surface area (Å²) >= 11 is 0. The predicted molar refractivity (Wildman–Crippen MR) is 52.6 cm³/mol. The molecular weight excluding hydrogens is 162 g/mol. The molecule has 0 bridgehead atoms. The van der Waals surface area contributed by atoms with E-state index in [-0.39, 0.29) is 0 Å². The zero-order chi connectivity index (χ0) is 9.10. The predicted octanol–water partition coefficient (Wildman–Crippen LogP) is 1.20. The first-order valence-corrected chi connectivity index (χ1v) is 5.13. The number of hydrogen-bond acceptors (Lipinski definition) is 2. The molecule has 1 unspecified atom stereocenters. The van der Waals surface area contributed by atoms with E-state index in [2.05, 4.69) is 28.0 Å². The number of aryl methyl sites for hydroxylation is 1. The summed E-state index contributed by atoms with van der Waals surface area (Å²) in [5, 5.41) is 3.50. The van der Waals surface area contributed by atoms with E-state index >= 15 is 0 Å². The van der Waals surface area contributed by atoms with Gasteiger partial charge in [-0.25, -0.2) is 4.98 Å². The molecule has 1 aliphatic rings. The van der Waals surface area contributed by atoms with Crippen molar-refractivity contribution < 1.29 is 0 Å². The number of rotatable bonds is 3. The number of hydrogen-bond donors (Lipinski definition) is 1. The van der Waals surface area contributed by atoms with Gasteiger partial charge >= 0.3 is 0 Å². The quantitative estimate of drug-likeness (QED) is 0.755. The second kappa shape index (κ2) is 3.92. The fourth-order valence-electron chi connectivity index (χ4n) is 1.97. The van der Waals surface area contributed by atoms with Gasteiger partial charge in [-0.2, -0.15) is 0 Å². The van der Waals surface area contributed by atoms with Crippen LogP contribution in [0.15, 0.2) is 12.4 Å². The summed E-state index contributed by atoms with van der Waals surface area (Å²) in [6.07, 6.45) is 7.63. The second-order valence-electron chi connectivity index (χ2n) is 3.64. The lowest BCUT2D eigenvalue weighted by atomic mass is 10.2. The summed E-state index contributed by atoms with van der Waals surface area (Å²) in [6.45, 7) is 4.42. The molecule has 0 saturated carbocycles. The van der Waals surface area contributed by atoms with Crippen LogP contribution >= 0.6 is 0 Å². The lowest BCUT2D eigenvalue weighted by Gasteiger charge is -2.12. The van der Waals surface area contributed by atoms with Gasteiger partial charge in [-0.3, -0.25) is 0 Å². The Hall–Kier alpha value is -0.830. The van der Waals surface area contributed by atoms with E-state index < -0.39 is 0 Å². The Morgan fingerprint density at radius 1 is 1.69 bits per heavy atom. The lowest BCUT2D eigenvalue weighted by Crippen LogP contribution is -2.27. The number of imidazole rings is 1. The molecular formula is C10H17N3. The molecule has 1 atom stereocenters. The molecule has 72 valence electrons. The van der Waals surface area contributed by atoms with Crippen LogP contribution in [0.4, 0.5) is 0 Å². The largest absolute Gasteiger partial charge is 0.333 e. The first-order valence-electron chi connectivity index (χ1n) is 5.13. The van der Waals surface area contributed by atoms with Crippen LogP contribution in [0.3, 0.4) is 0 Å². The van der Waals surface area contributed by atoms with Gasteiger partial charge in [-0.15, -0.1) is 0 Å². The van der Waals surface area contributed by atoms with Crippen molar-refractivity contribution in [2.24, 2.45) is 0 Å². The molecule has 1 N–H and O–H groups in total. The van der Waals surface area contributed by atoms with Crippen LogP contribution in [0, 0.1) is 0 Å². The summed E-state index contributed by atoms with van der Waals surface area (Å²) in [5.74, 6) is 1.20. The van der Waals surface area contributed by atoms with E-state index in [0.717, 1.165) is 13.0 Å². The summed E-state index contributed by atoms with van der Waals surface area (Å²) < 4.78 is 2.27. The zero-order valence-corrected chi connectivity index (χ0v) is 8.16. The van der Waals surface area contributed by atoms with E-state index in [1.807, 2.05) is 6.20 Å². The fraction of sp³-hybridized carbons (Fsp3) is 0.700. The van der Waals surface area contributed by atoms with E-state index in [1.165, 1.54) is 25.2 Å². The first kappa shape index (κ1) is 8.75. The van der Waals surface area contributed by atoms with Crippen LogP contribution in [0.1, 0.15) is 25.6 Å². The van der Waals surface area contributed by atoms with Gasteiger partial charge < -0.3 is 9.88 Å². The van der Waals surface area contributed by atoms with Gasteiger partial charge in [0.05, 0.1) is 0 Å². The monoisotopic (exact) mass is 179 g/mol. The van der Waals surface area contributed by atoms with Crippen LogP contribution < -0.4 is 5.32 Å². The summed E-state index contributed by atoms with van der Waals surface area (Å²) in [6, 6.07) is 0.666. The third kappa shape index (κ3) is 1.91. The summed E-state index contributed by atoms with van der Waals surface area (Å²) in [7, 11) is 0. The molecule has 2 heterocycles. The third-order valence-electron chi connectivity index (χ3n) is 2.70. The topological polar surface area (TPSA) is 29.9 Å². The number of nitrogens with zero attached hydrogens (tertiary/aromatic N) is 2. The van der Waals surface area contributed by atoms with Gasteiger partial charge in [-0.05, 0) is 19.4 Å². The SMILES string of the molecule is CCc1nccn1CC1CCCN1. The highest BCUT2D eigenvalue weighted by atomic mass is 15.1. The number of aromatic nitrogens is 2. The van der Waals surface area contributed by atoms with E-state index in [1.54, 1.807) is 0 Å². The van der Waals surface area contributed by atoms with Crippen LogP contribution in [0.25, 0.3) is 0 Å². The maximum Gasteiger partial charge on any atom is 0.108 e. The molecule has 3 nitrogen and oxygen atoms in total. The van der Waals surface area contributed by atoms with Gasteiger partial charge in [0.15, 0.2) is 0 Å². The molecule has 1 saturated heterocycles. The van der Waals surface area contributed by atoms with Crippen molar-refractivity contribution in [2.75, 3.05) is 6.54 Å². The molecule has 2 rings (SSSR count). The maximum absolute atomic E-state index is 4.31. The van der Waals surface area contributed by atoms with E-state index in [0.29, 0.717) is 6.04 Å². The van der Waals surface area contributed by atoms with Crippen molar-refractivity contribution in [1.29, 1.82) is 0 Å². The molecule has 0 radical (unpaired) electrons. The molecule has 1 aliphatic heterocycles. The highest BCUT2D eigenvalue weighted by Crippen LogP contribution is 2.09.